The van der Waals surface area contributed by atoms with Gasteiger partial charge in [0.1, 0.15) is 0 Å². The summed E-state index contributed by atoms with van der Waals surface area (Å²) in [5.41, 5.74) is 0.895. The fourth-order valence-corrected chi connectivity index (χ4v) is 1.04. The Hall–Kier alpha value is -0.0200. The lowest BCUT2D eigenvalue weighted by atomic mass is 10.3. The summed E-state index contributed by atoms with van der Waals surface area (Å²) in [5, 5.41) is 0. The maximum atomic E-state index is 10.6. The van der Waals surface area contributed by atoms with Gasteiger partial charge in [0.15, 0.2) is 9.84 Å². The molecule has 0 aromatic carbocycles. The summed E-state index contributed by atoms with van der Waals surface area (Å²) in [6.07, 6.45) is 2.83. The van der Waals surface area contributed by atoms with Gasteiger partial charge < -0.3 is 0 Å². The van der Waals surface area contributed by atoms with Crippen molar-refractivity contribution >= 4 is 21.4 Å². The van der Waals surface area contributed by atoms with E-state index >= 15 is 0 Å². The Labute approximate surface area is 66.8 Å². The molecule has 0 aliphatic rings. The molecule has 2 nitrogen and oxygen atoms in total. The predicted octanol–water partition coefficient (Wildman–Crippen LogP) is 1.22. The molecule has 0 spiro atoms. The minimum Gasteiger partial charge on any atom is -0.229 e. The minimum atomic E-state index is -2.86. The van der Waals surface area contributed by atoms with Crippen LogP contribution in [0.4, 0.5) is 0 Å². The van der Waals surface area contributed by atoms with Crippen LogP contribution < -0.4 is 0 Å². The third-order valence-electron chi connectivity index (χ3n) is 0.945. The second kappa shape index (κ2) is 3.98. The molecule has 0 saturated heterocycles. The first kappa shape index (κ1) is 9.98. The van der Waals surface area contributed by atoms with E-state index in [9.17, 15) is 8.42 Å². The van der Waals surface area contributed by atoms with E-state index in [2.05, 4.69) is 0 Å². The van der Waals surface area contributed by atoms with Crippen LogP contribution in [0.15, 0.2) is 11.6 Å². The fraction of sp³-hybridized carbons (Fsp3) is 0.667. The zero-order valence-corrected chi connectivity index (χ0v) is 7.67. The Balaban J connectivity index is 3.98. The van der Waals surface area contributed by atoms with Gasteiger partial charge in [0.2, 0.25) is 0 Å². The van der Waals surface area contributed by atoms with E-state index in [1.165, 1.54) is 6.26 Å². The fourth-order valence-electron chi connectivity index (χ4n) is 0.348. The van der Waals surface area contributed by atoms with Crippen molar-refractivity contribution in [3.8, 4) is 0 Å². The molecule has 0 amide bonds. The molecule has 10 heavy (non-hydrogen) atoms. The van der Waals surface area contributed by atoms with Crippen LogP contribution in [0.25, 0.3) is 0 Å². The van der Waals surface area contributed by atoms with Crippen LogP contribution in [-0.4, -0.2) is 26.3 Å². The molecule has 0 fully saturated rings. The SMILES string of the molecule is C/C(=C\CS(C)(=O)=O)CCl. The molecular formula is C6H11ClO2S. The Kier molecular flexibility index (Phi) is 3.98. The highest BCUT2D eigenvalue weighted by Gasteiger charge is 1.97. The van der Waals surface area contributed by atoms with E-state index in [0.717, 1.165) is 5.57 Å². The third-order valence-corrected chi connectivity index (χ3v) is 2.14. The summed E-state index contributed by atoms with van der Waals surface area (Å²) in [6.45, 7) is 1.80. The van der Waals surface area contributed by atoms with E-state index in [0.29, 0.717) is 5.88 Å². The van der Waals surface area contributed by atoms with Crippen molar-refractivity contribution in [2.75, 3.05) is 17.9 Å². The van der Waals surface area contributed by atoms with Gasteiger partial charge in [-0.15, -0.1) is 11.6 Å². The van der Waals surface area contributed by atoms with Gasteiger partial charge in [0.05, 0.1) is 5.75 Å². The lowest BCUT2D eigenvalue weighted by molar-refractivity contribution is 0.604. The lowest BCUT2D eigenvalue weighted by Gasteiger charge is -1.92. The first-order chi connectivity index (χ1) is 4.45. The summed E-state index contributed by atoms with van der Waals surface area (Å²) in [5.74, 6) is 0.487. The molecule has 0 aliphatic heterocycles. The third kappa shape index (κ3) is 6.11. The molecule has 0 heterocycles. The van der Waals surface area contributed by atoms with Gasteiger partial charge in [0, 0.05) is 12.1 Å². The molecular weight excluding hydrogens is 172 g/mol. The Morgan fingerprint density at radius 1 is 1.60 bits per heavy atom. The molecule has 4 heteroatoms. The van der Waals surface area contributed by atoms with Crippen molar-refractivity contribution in [2.45, 2.75) is 6.92 Å². The average molecular weight is 183 g/mol. The molecule has 0 radical (unpaired) electrons. The molecule has 0 N–H and O–H groups in total. The second-order valence-electron chi connectivity index (χ2n) is 2.28. The largest absolute Gasteiger partial charge is 0.229 e. The second-order valence-corrected chi connectivity index (χ2v) is 4.73. The Morgan fingerprint density at radius 3 is 2.40 bits per heavy atom. The summed E-state index contributed by atoms with van der Waals surface area (Å²) < 4.78 is 21.1. The standard InChI is InChI=1S/C6H11ClO2S/c1-6(5-7)3-4-10(2,8)9/h3H,4-5H2,1-2H3/b6-3+. The van der Waals surface area contributed by atoms with Gasteiger partial charge in [0.25, 0.3) is 0 Å². The topological polar surface area (TPSA) is 34.1 Å². The molecule has 0 aromatic heterocycles. The van der Waals surface area contributed by atoms with Crippen LogP contribution in [0.1, 0.15) is 6.92 Å². The molecule has 0 aromatic rings. The number of allylic oxidation sites excluding steroid dienone is 1. The van der Waals surface area contributed by atoms with Crippen LogP contribution in [-0.2, 0) is 9.84 Å². The quantitative estimate of drug-likeness (QED) is 0.486. The van der Waals surface area contributed by atoms with Gasteiger partial charge in [-0.2, -0.15) is 0 Å². The lowest BCUT2D eigenvalue weighted by Crippen LogP contribution is -2.00. The van der Waals surface area contributed by atoms with E-state index in [1.54, 1.807) is 13.0 Å². The monoisotopic (exact) mass is 182 g/mol. The summed E-state index contributed by atoms with van der Waals surface area (Å²) in [4.78, 5) is 0. The Morgan fingerprint density at radius 2 is 2.10 bits per heavy atom. The first-order valence-corrected chi connectivity index (χ1v) is 5.44. The van der Waals surface area contributed by atoms with Crippen molar-refractivity contribution in [1.82, 2.24) is 0 Å². The number of sulfone groups is 1. The first-order valence-electron chi connectivity index (χ1n) is 2.85. The molecule has 0 rings (SSSR count). The van der Waals surface area contributed by atoms with Crippen LogP contribution in [0.2, 0.25) is 0 Å². The smallest absolute Gasteiger partial charge is 0.151 e. The van der Waals surface area contributed by atoms with Crippen molar-refractivity contribution in [3.63, 3.8) is 0 Å². The van der Waals surface area contributed by atoms with Gasteiger partial charge >= 0.3 is 0 Å². The highest BCUT2D eigenvalue weighted by Crippen LogP contribution is 1.96. The molecule has 0 bridgehead atoms. The van der Waals surface area contributed by atoms with Crippen molar-refractivity contribution in [1.29, 1.82) is 0 Å². The molecule has 0 saturated carbocycles. The van der Waals surface area contributed by atoms with Crippen molar-refractivity contribution in [2.24, 2.45) is 0 Å². The van der Waals surface area contributed by atoms with E-state index < -0.39 is 9.84 Å². The summed E-state index contributed by atoms with van der Waals surface area (Å²) in [6, 6.07) is 0. The number of halogens is 1. The van der Waals surface area contributed by atoms with Crippen LogP contribution in [0, 0.1) is 0 Å². The number of hydrogen-bond donors (Lipinski definition) is 0. The minimum absolute atomic E-state index is 0.0888. The van der Waals surface area contributed by atoms with Crippen LogP contribution >= 0.6 is 11.6 Å². The summed E-state index contributed by atoms with van der Waals surface area (Å²) >= 11 is 5.42. The van der Waals surface area contributed by atoms with Gasteiger partial charge in [-0.05, 0) is 6.92 Å². The molecule has 0 unspecified atom stereocenters. The normalized spacial score (nSPS) is 13.7. The molecule has 60 valence electrons. The van der Waals surface area contributed by atoms with E-state index in [4.69, 9.17) is 11.6 Å². The number of alkyl halides is 1. The van der Waals surface area contributed by atoms with Gasteiger partial charge in [-0.25, -0.2) is 8.42 Å². The highest BCUT2D eigenvalue weighted by atomic mass is 35.5. The van der Waals surface area contributed by atoms with E-state index in [-0.39, 0.29) is 5.75 Å². The Bertz CT molecular complexity index is 216. The maximum Gasteiger partial charge on any atom is 0.151 e. The molecule has 0 atom stereocenters. The number of rotatable bonds is 3. The highest BCUT2D eigenvalue weighted by molar-refractivity contribution is 7.90. The van der Waals surface area contributed by atoms with E-state index in [1.807, 2.05) is 0 Å². The van der Waals surface area contributed by atoms with Crippen molar-refractivity contribution in [3.05, 3.63) is 11.6 Å². The summed E-state index contributed by atoms with van der Waals surface area (Å²) in [7, 11) is -2.86. The predicted molar refractivity (Wildman–Crippen MR) is 44.2 cm³/mol. The zero-order valence-electron chi connectivity index (χ0n) is 6.09. The average Bonchev–Trinajstić information content (AvgIpc) is 1.81. The maximum absolute atomic E-state index is 10.6. The van der Waals surface area contributed by atoms with Gasteiger partial charge in [-0.1, -0.05) is 11.6 Å². The zero-order chi connectivity index (χ0) is 8.20. The van der Waals surface area contributed by atoms with Crippen LogP contribution in [0.5, 0.6) is 0 Å². The van der Waals surface area contributed by atoms with Crippen molar-refractivity contribution < 1.29 is 8.42 Å². The van der Waals surface area contributed by atoms with Crippen LogP contribution in [0.3, 0.4) is 0 Å². The molecule has 0 aliphatic carbocycles. The van der Waals surface area contributed by atoms with Gasteiger partial charge in [-0.3, -0.25) is 0 Å². The number of hydrogen-bond acceptors (Lipinski definition) is 2.